The smallest absolute Gasteiger partial charge is 0.112 e. The molecule has 0 unspecified atom stereocenters. The highest BCUT2D eigenvalue weighted by atomic mass is 16.5. The van der Waals surface area contributed by atoms with Gasteiger partial charge in [0.05, 0.1) is 6.61 Å². The van der Waals surface area contributed by atoms with Gasteiger partial charge in [0, 0.05) is 0 Å². The molecule has 0 amide bonds. The van der Waals surface area contributed by atoms with Crippen molar-refractivity contribution in [3.05, 3.63) is 12.7 Å². The van der Waals surface area contributed by atoms with Gasteiger partial charge in [0.2, 0.25) is 0 Å². The molecular formula is C8H14O5. The number of hydrogen-bond acceptors (Lipinski definition) is 5. The molecule has 4 N–H and O–H groups in total. The summed E-state index contributed by atoms with van der Waals surface area (Å²) in [5.74, 6) is 0. The molecule has 0 bridgehead atoms. The van der Waals surface area contributed by atoms with E-state index >= 15 is 0 Å². The van der Waals surface area contributed by atoms with Gasteiger partial charge in [0.15, 0.2) is 0 Å². The van der Waals surface area contributed by atoms with Crippen molar-refractivity contribution in [1.82, 2.24) is 0 Å². The SMILES string of the molecule is C=C[C@@H]1O[C@H](CO)[C@H](O)[C@H](O)[C@H]1O. The molecule has 1 aliphatic heterocycles. The van der Waals surface area contributed by atoms with Gasteiger partial charge in [0.25, 0.3) is 0 Å². The van der Waals surface area contributed by atoms with E-state index in [1.54, 1.807) is 0 Å². The van der Waals surface area contributed by atoms with Gasteiger partial charge in [-0.3, -0.25) is 0 Å². The molecule has 1 aliphatic rings. The second-order valence-corrected chi connectivity index (χ2v) is 3.03. The first-order chi connectivity index (χ1) is 6.11. The average Bonchev–Trinajstić information content (AvgIpc) is 2.15. The lowest BCUT2D eigenvalue weighted by Gasteiger charge is -2.38. The van der Waals surface area contributed by atoms with Crippen LogP contribution in [0.15, 0.2) is 12.7 Å². The molecule has 13 heavy (non-hydrogen) atoms. The second kappa shape index (κ2) is 4.17. The van der Waals surface area contributed by atoms with E-state index in [2.05, 4.69) is 6.58 Å². The van der Waals surface area contributed by atoms with Crippen molar-refractivity contribution in [2.24, 2.45) is 0 Å². The summed E-state index contributed by atoms with van der Waals surface area (Å²) in [6.45, 7) is 3.00. The van der Waals surface area contributed by atoms with E-state index in [9.17, 15) is 15.3 Å². The molecule has 0 radical (unpaired) electrons. The summed E-state index contributed by atoms with van der Waals surface area (Å²) in [7, 11) is 0. The van der Waals surface area contributed by atoms with Gasteiger partial charge in [-0.1, -0.05) is 6.08 Å². The Labute approximate surface area is 75.9 Å². The molecule has 0 aliphatic carbocycles. The van der Waals surface area contributed by atoms with Crippen molar-refractivity contribution in [2.75, 3.05) is 6.61 Å². The molecule has 76 valence electrons. The van der Waals surface area contributed by atoms with Gasteiger partial charge in [0.1, 0.15) is 30.5 Å². The quantitative estimate of drug-likeness (QED) is 0.379. The van der Waals surface area contributed by atoms with Crippen LogP contribution >= 0.6 is 0 Å². The lowest BCUT2D eigenvalue weighted by atomic mass is 9.95. The number of rotatable bonds is 2. The minimum absolute atomic E-state index is 0.407. The molecule has 0 aromatic heterocycles. The number of hydrogen-bond donors (Lipinski definition) is 4. The first-order valence-electron chi connectivity index (χ1n) is 4.05. The van der Waals surface area contributed by atoms with Crippen LogP contribution in [0.4, 0.5) is 0 Å². The summed E-state index contributed by atoms with van der Waals surface area (Å²) in [6.07, 6.45) is -4.08. The van der Waals surface area contributed by atoms with E-state index in [4.69, 9.17) is 9.84 Å². The number of aliphatic hydroxyl groups is 4. The van der Waals surface area contributed by atoms with Crippen LogP contribution in [-0.4, -0.2) is 57.6 Å². The number of aliphatic hydroxyl groups excluding tert-OH is 4. The molecule has 1 rings (SSSR count). The standard InChI is InChI=1S/C8H14O5/c1-2-4-6(10)8(12)7(11)5(3-9)13-4/h2,4-12H,1,3H2/t4-,5+,6-,7-,8+/m0/s1. The summed E-state index contributed by atoms with van der Waals surface area (Å²) in [5.41, 5.74) is 0. The molecule has 0 aromatic carbocycles. The summed E-state index contributed by atoms with van der Waals surface area (Å²) >= 11 is 0. The maximum absolute atomic E-state index is 9.33. The normalized spacial score (nSPS) is 46.0. The maximum atomic E-state index is 9.33. The van der Waals surface area contributed by atoms with Gasteiger partial charge in [-0.05, 0) is 0 Å². The third-order valence-electron chi connectivity index (χ3n) is 2.16. The van der Waals surface area contributed by atoms with Crippen molar-refractivity contribution < 1.29 is 25.2 Å². The Morgan fingerprint density at radius 1 is 1.15 bits per heavy atom. The third kappa shape index (κ3) is 1.90. The van der Waals surface area contributed by atoms with E-state index < -0.39 is 37.1 Å². The highest BCUT2D eigenvalue weighted by molar-refractivity contribution is 4.98. The average molecular weight is 190 g/mol. The van der Waals surface area contributed by atoms with Crippen molar-refractivity contribution in [3.8, 4) is 0 Å². The Morgan fingerprint density at radius 3 is 2.23 bits per heavy atom. The molecule has 5 heteroatoms. The van der Waals surface area contributed by atoms with E-state index in [1.165, 1.54) is 6.08 Å². The van der Waals surface area contributed by atoms with Crippen LogP contribution in [0.2, 0.25) is 0 Å². The fourth-order valence-electron chi connectivity index (χ4n) is 1.33. The van der Waals surface area contributed by atoms with Crippen LogP contribution in [0.5, 0.6) is 0 Å². The summed E-state index contributed by atoms with van der Waals surface area (Å²) < 4.78 is 5.05. The van der Waals surface area contributed by atoms with E-state index in [0.717, 1.165) is 0 Å². The van der Waals surface area contributed by atoms with Crippen molar-refractivity contribution in [2.45, 2.75) is 30.5 Å². The summed E-state index contributed by atoms with van der Waals surface area (Å²) in [6, 6.07) is 0. The van der Waals surface area contributed by atoms with Crippen LogP contribution in [-0.2, 0) is 4.74 Å². The lowest BCUT2D eigenvalue weighted by molar-refractivity contribution is -0.216. The fourth-order valence-corrected chi connectivity index (χ4v) is 1.33. The Balaban J connectivity index is 2.71. The minimum Gasteiger partial charge on any atom is -0.394 e. The Bertz CT molecular complexity index is 181. The van der Waals surface area contributed by atoms with Gasteiger partial charge in [-0.2, -0.15) is 0 Å². The van der Waals surface area contributed by atoms with E-state index in [0.29, 0.717) is 0 Å². The van der Waals surface area contributed by atoms with E-state index in [1.807, 2.05) is 0 Å². The van der Waals surface area contributed by atoms with Crippen molar-refractivity contribution >= 4 is 0 Å². The lowest BCUT2D eigenvalue weighted by Crippen LogP contribution is -2.57. The Hall–Kier alpha value is -0.460. The zero-order chi connectivity index (χ0) is 10.0. The molecule has 0 aromatic rings. The predicted molar refractivity (Wildman–Crippen MR) is 44.0 cm³/mol. The number of ether oxygens (including phenoxy) is 1. The predicted octanol–water partition coefficient (Wildman–Crippen LogP) is -1.99. The monoisotopic (exact) mass is 190 g/mol. The molecular weight excluding hydrogens is 176 g/mol. The Kier molecular flexibility index (Phi) is 3.40. The van der Waals surface area contributed by atoms with E-state index in [-0.39, 0.29) is 0 Å². The molecule has 1 fully saturated rings. The van der Waals surface area contributed by atoms with Crippen LogP contribution in [0.25, 0.3) is 0 Å². The topological polar surface area (TPSA) is 90.2 Å². The summed E-state index contributed by atoms with van der Waals surface area (Å²) in [4.78, 5) is 0. The molecule has 5 atom stereocenters. The largest absolute Gasteiger partial charge is 0.394 e. The Morgan fingerprint density at radius 2 is 1.77 bits per heavy atom. The summed E-state index contributed by atoms with van der Waals surface area (Å²) in [5, 5.41) is 36.7. The van der Waals surface area contributed by atoms with Gasteiger partial charge in [-0.25, -0.2) is 0 Å². The molecule has 0 spiro atoms. The van der Waals surface area contributed by atoms with Gasteiger partial charge < -0.3 is 25.2 Å². The zero-order valence-corrected chi connectivity index (χ0v) is 7.08. The second-order valence-electron chi connectivity index (χ2n) is 3.03. The highest BCUT2D eigenvalue weighted by Gasteiger charge is 2.41. The van der Waals surface area contributed by atoms with Crippen molar-refractivity contribution in [1.29, 1.82) is 0 Å². The van der Waals surface area contributed by atoms with Crippen LogP contribution < -0.4 is 0 Å². The van der Waals surface area contributed by atoms with Gasteiger partial charge >= 0.3 is 0 Å². The van der Waals surface area contributed by atoms with Crippen LogP contribution in [0.3, 0.4) is 0 Å². The highest BCUT2D eigenvalue weighted by Crippen LogP contribution is 2.21. The fraction of sp³-hybridized carbons (Fsp3) is 0.750. The molecule has 1 saturated heterocycles. The first-order valence-corrected chi connectivity index (χ1v) is 4.05. The molecule has 5 nitrogen and oxygen atoms in total. The molecule has 0 saturated carbocycles. The first kappa shape index (κ1) is 10.6. The van der Waals surface area contributed by atoms with Crippen LogP contribution in [0.1, 0.15) is 0 Å². The third-order valence-corrected chi connectivity index (χ3v) is 2.16. The maximum Gasteiger partial charge on any atom is 0.112 e. The minimum atomic E-state index is -1.31. The van der Waals surface area contributed by atoms with Gasteiger partial charge in [-0.15, -0.1) is 6.58 Å². The van der Waals surface area contributed by atoms with Crippen LogP contribution in [0, 0.1) is 0 Å². The van der Waals surface area contributed by atoms with Crippen molar-refractivity contribution in [3.63, 3.8) is 0 Å². The molecule has 1 heterocycles. The zero-order valence-electron chi connectivity index (χ0n) is 7.08.